The highest BCUT2D eigenvalue weighted by atomic mass is 16.5. The number of fused-ring (bicyclic) bond motifs is 2. The molecular formula is C22H23NO2. The standard InChI is InChI=1S/C22H23NO2/c1-15(23-12-11-16-13-18(24)8-7-17(16)14-23)19-9-10-22(25-2)21-6-4-3-5-20(19)21/h3-10,13,15,24H,11-12,14H2,1-2H3. The summed E-state index contributed by atoms with van der Waals surface area (Å²) in [6.45, 7) is 4.19. The van der Waals surface area contributed by atoms with Crippen LogP contribution in [0.25, 0.3) is 10.8 Å². The number of rotatable bonds is 3. The van der Waals surface area contributed by atoms with Gasteiger partial charge in [0.05, 0.1) is 7.11 Å². The van der Waals surface area contributed by atoms with Crippen molar-refractivity contribution in [1.29, 1.82) is 0 Å². The van der Waals surface area contributed by atoms with E-state index in [1.54, 1.807) is 13.2 Å². The molecule has 3 aromatic rings. The third kappa shape index (κ3) is 2.85. The molecule has 1 aliphatic rings. The zero-order chi connectivity index (χ0) is 17.4. The Morgan fingerprint density at radius 2 is 1.80 bits per heavy atom. The smallest absolute Gasteiger partial charge is 0.126 e. The highest BCUT2D eigenvalue weighted by molar-refractivity contribution is 5.91. The van der Waals surface area contributed by atoms with Crippen LogP contribution >= 0.6 is 0 Å². The Hall–Kier alpha value is -2.52. The summed E-state index contributed by atoms with van der Waals surface area (Å²) in [4.78, 5) is 2.51. The van der Waals surface area contributed by atoms with E-state index in [2.05, 4.69) is 54.3 Å². The Labute approximate surface area is 148 Å². The molecule has 0 saturated carbocycles. The predicted molar refractivity (Wildman–Crippen MR) is 101 cm³/mol. The van der Waals surface area contributed by atoms with Gasteiger partial charge in [0.2, 0.25) is 0 Å². The van der Waals surface area contributed by atoms with Gasteiger partial charge in [-0.3, -0.25) is 4.90 Å². The van der Waals surface area contributed by atoms with Crippen molar-refractivity contribution in [3.05, 3.63) is 71.3 Å². The highest BCUT2D eigenvalue weighted by Gasteiger charge is 2.23. The molecule has 4 rings (SSSR count). The zero-order valence-electron chi connectivity index (χ0n) is 14.7. The topological polar surface area (TPSA) is 32.7 Å². The molecule has 0 bridgehead atoms. The maximum absolute atomic E-state index is 9.68. The molecule has 1 heterocycles. The average molecular weight is 333 g/mol. The highest BCUT2D eigenvalue weighted by Crippen LogP contribution is 2.35. The van der Waals surface area contributed by atoms with Crippen molar-refractivity contribution < 1.29 is 9.84 Å². The van der Waals surface area contributed by atoms with Crippen LogP contribution in [0.5, 0.6) is 11.5 Å². The van der Waals surface area contributed by atoms with Gasteiger partial charge in [0.15, 0.2) is 0 Å². The van der Waals surface area contributed by atoms with E-state index < -0.39 is 0 Å². The average Bonchev–Trinajstić information content (AvgIpc) is 2.66. The number of aromatic hydroxyl groups is 1. The third-order valence-electron chi connectivity index (χ3n) is 5.37. The van der Waals surface area contributed by atoms with Crippen molar-refractivity contribution in [2.45, 2.75) is 25.9 Å². The predicted octanol–water partition coefficient (Wildman–Crippen LogP) is 4.67. The van der Waals surface area contributed by atoms with Gasteiger partial charge in [-0.1, -0.05) is 36.4 Å². The maximum Gasteiger partial charge on any atom is 0.126 e. The van der Waals surface area contributed by atoms with Gasteiger partial charge in [-0.15, -0.1) is 0 Å². The first kappa shape index (κ1) is 16.0. The maximum atomic E-state index is 9.68. The lowest BCUT2D eigenvalue weighted by Gasteiger charge is -2.34. The molecule has 0 aromatic heterocycles. The Bertz CT molecular complexity index is 919. The molecule has 0 spiro atoms. The van der Waals surface area contributed by atoms with Crippen molar-refractivity contribution in [1.82, 2.24) is 4.90 Å². The second-order valence-electron chi connectivity index (χ2n) is 6.75. The molecule has 0 amide bonds. The molecule has 0 fully saturated rings. The zero-order valence-corrected chi connectivity index (χ0v) is 14.7. The van der Waals surface area contributed by atoms with E-state index in [9.17, 15) is 5.11 Å². The second-order valence-corrected chi connectivity index (χ2v) is 6.75. The molecule has 3 aromatic carbocycles. The summed E-state index contributed by atoms with van der Waals surface area (Å²) < 4.78 is 5.53. The van der Waals surface area contributed by atoms with Crippen LogP contribution < -0.4 is 4.74 Å². The Balaban J connectivity index is 1.69. The molecule has 3 heteroatoms. The Morgan fingerprint density at radius 3 is 2.60 bits per heavy atom. The third-order valence-corrected chi connectivity index (χ3v) is 5.37. The largest absolute Gasteiger partial charge is 0.508 e. The van der Waals surface area contributed by atoms with Crippen LogP contribution in [-0.4, -0.2) is 23.7 Å². The number of benzene rings is 3. The molecule has 0 aliphatic carbocycles. The van der Waals surface area contributed by atoms with Crippen molar-refractivity contribution >= 4 is 10.8 Å². The molecule has 128 valence electrons. The van der Waals surface area contributed by atoms with Gasteiger partial charge in [0.25, 0.3) is 0 Å². The molecular weight excluding hydrogens is 310 g/mol. The molecule has 3 nitrogen and oxygen atoms in total. The summed E-state index contributed by atoms with van der Waals surface area (Å²) in [5, 5.41) is 12.1. The van der Waals surface area contributed by atoms with E-state index in [1.165, 1.54) is 22.1 Å². The monoisotopic (exact) mass is 333 g/mol. The number of hydrogen-bond acceptors (Lipinski definition) is 3. The quantitative estimate of drug-likeness (QED) is 0.756. The minimum absolute atomic E-state index is 0.317. The summed E-state index contributed by atoms with van der Waals surface area (Å²) in [6.07, 6.45) is 0.974. The normalized spacial score (nSPS) is 15.8. The SMILES string of the molecule is COc1ccc(C(C)N2CCc3cc(O)ccc3C2)c2ccccc12. The number of methoxy groups -OCH3 is 1. The minimum atomic E-state index is 0.317. The van der Waals surface area contributed by atoms with Gasteiger partial charge in [-0.05, 0) is 53.6 Å². The van der Waals surface area contributed by atoms with Crippen LogP contribution in [0.4, 0.5) is 0 Å². The van der Waals surface area contributed by atoms with Gasteiger partial charge in [-0.25, -0.2) is 0 Å². The van der Waals surface area contributed by atoms with Crippen LogP contribution in [0.1, 0.15) is 29.7 Å². The van der Waals surface area contributed by atoms with E-state index in [0.29, 0.717) is 11.8 Å². The molecule has 1 atom stereocenters. The van der Waals surface area contributed by atoms with Crippen LogP contribution in [0, 0.1) is 0 Å². The molecule has 0 radical (unpaired) electrons. The lowest BCUT2D eigenvalue weighted by molar-refractivity contribution is 0.193. The molecule has 0 saturated heterocycles. The van der Waals surface area contributed by atoms with Gasteiger partial charge in [-0.2, -0.15) is 0 Å². The summed E-state index contributed by atoms with van der Waals surface area (Å²) in [7, 11) is 1.72. The fourth-order valence-electron chi connectivity index (χ4n) is 3.93. The summed E-state index contributed by atoms with van der Waals surface area (Å²) >= 11 is 0. The van der Waals surface area contributed by atoms with E-state index in [-0.39, 0.29) is 0 Å². The van der Waals surface area contributed by atoms with Crippen molar-refractivity contribution in [2.24, 2.45) is 0 Å². The number of phenolic OH excluding ortho intramolecular Hbond substituents is 1. The molecule has 25 heavy (non-hydrogen) atoms. The van der Waals surface area contributed by atoms with E-state index in [0.717, 1.165) is 30.6 Å². The van der Waals surface area contributed by atoms with Crippen LogP contribution in [-0.2, 0) is 13.0 Å². The lowest BCUT2D eigenvalue weighted by Crippen LogP contribution is -2.32. The van der Waals surface area contributed by atoms with E-state index in [1.807, 2.05) is 6.07 Å². The number of nitrogens with zero attached hydrogens (tertiary/aromatic N) is 1. The van der Waals surface area contributed by atoms with E-state index in [4.69, 9.17) is 4.74 Å². The fraction of sp³-hybridized carbons (Fsp3) is 0.273. The Kier molecular flexibility index (Phi) is 4.10. The first-order valence-electron chi connectivity index (χ1n) is 8.78. The Morgan fingerprint density at radius 1 is 1.00 bits per heavy atom. The second kappa shape index (κ2) is 6.41. The van der Waals surface area contributed by atoms with Gasteiger partial charge < -0.3 is 9.84 Å². The molecule has 1 aliphatic heterocycles. The van der Waals surface area contributed by atoms with Gasteiger partial charge in [0.1, 0.15) is 11.5 Å². The molecule has 1 N–H and O–H groups in total. The number of hydrogen-bond donors (Lipinski definition) is 1. The summed E-state index contributed by atoms with van der Waals surface area (Å²) in [5.41, 5.74) is 3.91. The molecule has 1 unspecified atom stereocenters. The van der Waals surface area contributed by atoms with Crippen LogP contribution in [0.3, 0.4) is 0 Å². The first-order valence-corrected chi connectivity index (χ1v) is 8.78. The summed E-state index contributed by atoms with van der Waals surface area (Å²) in [6, 6.07) is 18.8. The van der Waals surface area contributed by atoms with Crippen molar-refractivity contribution in [2.75, 3.05) is 13.7 Å². The van der Waals surface area contributed by atoms with Crippen molar-refractivity contribution in [3.8, 4) is 11.5 Å². The fourth-order valence-corrected chi connectivity index (χ4v) is 3.93. The van der Waals surface area contributed by atoms with Crippen molar-refractivity contribution in [3.63, 3.8) is 0 Å². The van der Waals surface area contributed by atoms with E-state index >= 15 is 0 Å². The van der Waals surface area contributed by atoms with Gasteiger partial charge >= 0.3 is 0 Å². The number of phenols is 1. The number of ether oxygens (including phenoxy) is 1. The van der Waals surface area contributed by atoms with Crippen LogP contribution in [0.15, 0.2) is 54.6 Å². The first-order chi connectivity index (χ1) is 12.2. The van der Waals surface area contributed by atoms with Gasteiger partial charge in [0, 0.05) is 24.5 Å². The van der Waals surface area contributed by atoms with Crippen LogP contribution in [0.2, 0.25) is 0 Å². The summed E-state index contributed by atoms with van der Waals surface area (Å²) in [5.74, 6) is 1.28. The minimum Gasteiger partial charge on any atom is -0.508 e. The lowest BCUT2D eigenvalue weighted by atomic mass is 9.94.